The van der Waals surface area contributed by atoms with E-state index >= 15 is 0 Å². The van der Waals surface area contributed by atoms with E-state index in [1.54, 1.807) is 0 Å². The van der Waals surface area contributed by atoms with Crippen LogP contribution in [0.15, 0.2) is 12.1 Å². The molecule has 0 spiro atoms. The summed E-state index contributed by atoms with van der Waals surface area (Å²) in [5.74, 6) is -1.47. The summed E-state index contributed by atoms with van der Waals surface area (Å²) in [7, 11) is 0. The molecule has 4 nitrogen and oxygen atoms in total. The molecule has 1 aromatic carbocycles. The molecule has 1 aromatic rings. The molecule has 0 radical (unpaired) electrons. The highest BCUT2D eigenvalue weighted by Gasteiger charge is 2.31. The van der Waals surface area contributed by atoms with Crippen LogP contribution in [0.5, 0.6) is 0 Å². The second-order valence-corrected chi connectivity index (χ2v) is 4.66. The van der Waals surface area contributed by atoms with E-state index in [0.717, 1.165) is 12.8 Å². The number of rotatable bonds is 3. The van der Waals surface area contributed by atoms with Crippen LogP contribution in [0, 0.1) is 5.92 Å². The summed E-state index contributed by atoms with van der Waals surface area (Å²) in [5, 5.41) is 11.8. The van der Waals surface area contributed by atoms with Crippen molar-refractivity contribution in [3.63, 3.8) is 0 Å². The van der Waals surface area contributed by atoms with Crippen LogP contribution in [0.1, 0.15) is 23.2 Å². The fraction of sp³-hybridized carbons (Fsp3) is 0.273. The Hall–Kier alpha value is -1.26. The Kier molecular flexibility index (Phi) is 3.26. The molecule has 2 N–H and O–H groups in total. The van der Waals surface area contributed by atoms with E-state index in [1.165, 1.54) is 12.1 Å². The zero-order valence-electron chi connectivity index (χ0n) is 8.67. The van der Waals surface area contributed by atoms with Crippen LogP contribution in [0.2, 0.25) is 10.0 Å². The molecule has 17 heavy (non-hydrogen) atoms. The Balaban J connectivity index is 2.39. The minimum absolute atomic E-state index is 0.0355. The minimum Gasteiger partial charge on any atom is -0.478 e. The number of aromatic carboxylic acids is 1. The number of benzene rings is 1. The molecule has 6 heteroatoms. The van der Waals surface area contributed by atoms with Gasteiger partial charge in [-0.2, -0.15) is 0 Å². The van der Waals surface area contributed by atoms with Gasteiger partial charge in [-0.15, -0.1) is 0 Å². The van der Waals surface area contributed by atoms with Crippen LogP contribution >= 0.6 is 23.2 Å². The molecule has 1 aliphatic rings. The van der Waals surface area contributed by atoms with Gasteiger partial charge in [-0.1, -0.05) is 23.2 Å². The van der Waals surface area contributed by atoms with Crippen molar-refractivity contribution in [2.24, 2.45) is 5.92 Å². The molecule has 0 aromatic heterocycles. The quantitative estimate of drug-likeness (QED) is 0.890. The maximum Gasteiger partial charge on any atom is 0.339 e. The van der Waals surface area contributed by atoms with Gasteiger partial charge in [0.1, 0.15) is 5.56 Å². The number of halogens is 2. The third-order valence-corrected chi connectivity index (χ3v) is 3.14. The van der Waals surface area contributed by atoms with E-state index in [1.807, 2.05) is 0 Å². The van der Waals surface area contributed by atoms with Crippen LogP contribution in [0.25, 0.3) is 0 Å². The lowest BCUT2D eigenvalue weighted by molar-refractivity contribution is -0.117. The minimum atomic E-state index is -1.22. The Morgan fingerprint density at radius 2 is 1.82 bits per heavy atom. The van der Waals surface area contributed by atoms with Crippen LogP contribution in [-0.4, -0.2) is 17.0 Å². The van der Waals surface area contributed by atoms with E-state index in [0.29, 0.717) is 0 Å². The summed E-state index contributed by atoms with van der Waals surface area (Å²) >= 11 is 11.7. The molecular formula is C11H9Cl2NO3. The van der Waals surface area contributed by atoms with Crippen molar-refractivity contribution in [1.82, 2.24) is 0 Å². The Bertz CT molecular complexity index is 498. The van der Waals surface area contributed by atoms with Crippen LogP contribution in [-0.2, 0) is 4.79 Å². The summed E-state index contributed by atoms with van der Waals surface area (Å²) in [4.78, 5) is 22.7. The van der Waals surface area contributed by atoms with E-state index in [4.69, 9.17) is 28.3 Å². The molecule has 0 saturated heterocycles. The molecule has 1 aliphatic carbocycles. The molecule has 1 saturated carbocycles. The third-order valence-electron chi connectivity index (χ3n) is 2.51. The lowest BCUT2D eigenvalue weighted by Gasteiger charge is -2.11. The summed E-state index contributed by atoms with van der Waals surface area (Å²) < 4.78 is 0. The largest absolute Gasteiger partial charge is 0.478 e. The number of carbonyl (C=O) groups is 2. The molecule has 90 valence electrons. The normalized spacial score (nSPS) is 14.5. The van der Waals surface area contributed by atoms with Crippen molar-refractivity contribution in [2.45, 2.75) is 12.8 Å². The lowest BCUT2D eigenvalue weighted by Crippen LogP contribution is -2.16. The molecule has 0 aliphatic heterocycles. The summed E-state index contributed by atoms with van der Waals surface area (Å²) in [6.45, 7) is 0. The molecule has 0 atom stereocenters. The van der Waals surface area contributed by atoms with E-state index in [9.17, 15) is 9.59 Å². The van der Waals surface area contributed by atoms with Crippen molar-refractivity contribution in [2.75, 3.05) is 5.32 Å². The maximum absolute atomic E-state index is 11.6. The predicted molar refractivity (Wildman–Crippen MR) is 64.8 cm³/mol. The zero-order valence-corrected chi connectivity index (χ0v) is 10.2. The van der Waals surface area contributed by atoms with Crippen molar-refractivity contribution in [1.29, 1.82) is 0 Å². The average molecular weight is 274 g/mol. The van der Waals surface area contributed by atoms with Crippen LogP contribution < -0.4 is 5.32 Å². The Morgan fingerprint density at radius 1 is 1.24 bits per heavy atom. The zero-order chi connectivity index (χ0) is 12.6. The highest BCUT2D eigenvalue weighted by atomic mass is 35.5. The van der Waals surface area contributed by atoms with E-state index in [2.05, 4.69) is 5.32 Å². The number of nitrogens with one attached hydrogen (secondary N) is 1. The second-order valence-electron chi connectivity index (χ2n) is 3.85. The first kappa shape index (κ1) is 12.2. The smallest absolute Gasteiger partial charge is 0.339 e. The molecule has 0 heterocycles. The summed E-state index contributed by atoms with van der Waals surface area (Å²) in [6.07, 6.45) is 1.65. The molecule has 1 amide bonds. The number of hydrogen-bond donors (Lipinski definition) is 2. The van der Waals surface area contributed by atoms with Gasteiger partial charge in [0.2, 0.25) is 5.91 Å². The van der Waals surface area contributed by atoms with Gasteiger partial charge in [0.25, 0.3) is 0 Å². The van der Waals surface area contributed by atoms with Gasteiger partial charge in [0.05, 0.1) is 15.7 Å². The lowest BCUT2D eigenvalue weighted by atomic mass is 10.1. The number of carboxylic acid groups (broad SMARTS) is 1. The highest BCUT2D eigenvalue weighted by Crippen LogP contribution is 2.35. The van der Waals surface area contributed by atoms with Crippen molar-refractivity contribution in [3.05, 3.63) is 27.7 Å². The first-order valence-electron chi connectivity index (χ1n) is 5.03. The van der Waals surface area contributed by atoms with Gasteiger partial charge >= 0.3 is 5.97 Å². The highest BCUT2D eigenvalue weighted by molar-refractivity contribution is 6.38. The maximum atomic E-state index is 11.6. The number of amides is 1. The van der Waals surface area contributed by atoms with Crippen molar-refractivity contribution < 1.29 is 14.7 Å². The first-order chi connectivity index (χ1) is 8.00. The first-order valence-corrected chi connectivity index (χ1v) is 5.78. The molecule has 2 rings (SSSR count). The number of carbonyl (C=O) groups excluding carboxylic acids is 1. The second kappa shape index (κ2) is 4.55. The molecule has 0 unspecified atom stereocenters. The van der Waals surface area contributed by atoms with Crippen LogP contribution in [0.3, 0.4) is 0 Å². The van der Waals surface area contributed by atoms with E-state index < -0.39 is 5.97 Å². The van der Waals surface area contributed by atoms with Gasteiger partial charge in [-0.05, 0) is 25.0 Å². The fourth-order valence-corrected chi connectivity index (χ4v) is 1.90. The van der Waals surface area contributed by atoms with Gasteiger partial charge in [-0.25, -0.2) is 4.79 Å². The van der Waals surface area contributed by atoms with Gasteiger partial charge in [0, 0.05) is 5.92 Å². The third kappa shape index (κ3) is 2.53. The molecule has 0 bridgehead atoms. The number of carboxylic acids is 1. The van der Waals surface area contributed by atoms with Gasteiger partial charge < -0.3 is 10.4 Å². The Labute approximate surface area is 108 Å². The number of anilines is 1. The molecular weight excluding hydrogens is 265 g/mol. The van der Waals surface area contributed by atoms with Gasteiger partial charge in [0.15, 0.2) is 0 Å². The summed E-state index contributed by atoms with van der Waals surface area (Å²) in [5.41, 5.74) is -0.100. The Morgan fingerprint density at radius 3 is 2.35 bits per heavy atom. The van der Waals surface area contributed by atoms with Crippen molar-refractivity contribution in [3.8, 4) is 0 Å². The number of hydrogen-bond acceptors (Lipinski definition) is 2. The standard InChI is InChI=1S/C11H9Cl2NO3/c12-6-3-4-7(13)9(8(6)11(16)17)14-10(15)5-1-2-5/h3-5H,1-2H2,(H,14,15)(H,16,17). The molecule has 1 fully saturated rings. The monoisotopic (exact) mass is 273 g/mol. The average Bonchev–Trinajstić information content (AvgIpc) is 3.06. The van der Waals surface area contributed by atoms with Gasteiger partial charge in [-0.3, -0.25) is 4.79 Å². The SMILES string of the molecule is O=C(O)c1c(Cl)ccc(Cl)c1NC(=O)C1CC1. The van der Waals surface area contributed by atoms with Crippen LogP contribution in [0.4, 0.5) is 5.69 Å². The predicted octanol–water partition coefficient (Wildman–Crippen LogP) is 3.04. The fourth-order valence-electron chi connectivity index (χ4n) is 1.45. The topological polar surface area (TPSA) is 66.4 Å². The van der Waals surface area contributed by atoms with Crippen molar-refractivity contribution >= 4 is 40.8 Å². The van der Waals surface area contributed by atoms with E-state index in [-0.39, 0.29) is 33.1 Å². The summed E-state index contributed by atoms with van der Waals surface area (Å²) in [6, 6.07) is 2.85.